The van der Waals surface area contributed by atoms with Gasteiger partial charge in [-0.3, -0.25) is 0 Å². The van der Waals surface area contributed by atoms with E-state index in [0.29, 0.717) is 0 Å². The third-order valence-corrected chi connectivity index (χ3v) is 5.38. The Bertz CT molecular complexity index is 1160. The lowest BCUT2D eigenvalue weighted by Crippen LogP contribution is -1.90. The summed E-state index contributed by atoms with van der Waals surface area (Å²) in [4.78, 5) is 0. The second-order valence-electron chi connectivity index (χ2n) is 7.54. The standard InChI is InChI=1S/C27H26/c1-5-9-20(4)24-14-18(2)16-26-22(24)12-13-23-25(15-19(3)17-27(23)26)21-10-7-6-8-11-21/h6-17H,5H2,1-4H3/b20-9+. The number of allylic oxidation sites excluding steroid dienone is 2. The van der Waals surface area contributed by atoms with E-state index >= 15 is 0 Å². The second kappa shape index (κ2) is 7.04. The molecule has 0 heteroatoms. The highest BCUT2D eigenvalue weighted by atomic mass is 14.2. The van der Waals surface area contributed by atoms with Crippen LogP contribution in [0.3, 0.4) is 0 Å². The van der Waals surface area contributed by atoms with Crippen LogP contribution in [-0.4, -0.2) is 0 Å². The second-order valence-corrected chi connectivity index (χ2v) is 7.54. The molecule has 4 rings (SSSR count). The van der Waals surface area contributed by atoms with Crippen molar-refractivity contribution < 1.29 is 0 Å². The van der Waals surface area contributed by atoms with E-state index in [0.717, 1.165) is 6.42 Å². The maximum Gasteiger partial charge on any atom is -0.00962 e. The molecule has 0 atom stereocenters. The maximum atomic E-state index is 2.34. The molecule has 0 fully saturated rings. The van der Waals surface area contributed by atoms with Gasteiger partial charge in [-0.15, -0.1) is 0 Å². The zero-order valence-electron chi connectivity index (χ0n) is 16.6. The number of benzene rings is 4. The molecule has 0 unspecified atom stereocenters. The van der Waals surface area contributed by atoms with Gasteiger partial charge < -0.3 is 0 Å². The lowest BCUT2D eigenvalue weighted by Gasteiger charge is -2.15. The van der Waals surface area contributed by atoms with Crippen molar-refractivity contribution in [2.75, 3.05) is 0 Å². The first-order valence-corrected chi connectivity index (χ1v) is 9.78. The van der Waals surface area contributed by atoms with Crippen molar-refractivity contribution in [3.8, 4) is 11.1 Å². The average Bonchev–Trinajstić information content (AvgIpc) is 2.67. The fourth-order valence-corrected chi connectivity index (χ4v) is 4.17. The van der Waals surface area contributed by atoms with E-state index in [9.17, 15) is 0 Å². The van der Waals surface area contributed by atoms with Crippen LogP contribution in [0.25, 0.3) is 38.2 Å². The van der Waals surface area contributed by atoms with Crippen molar-refractivity contribution in [1.82, 2.24) is 0 Å². The molecule has 134 valence electrons. The summed E-state index contributed by atoms with van der Waals surface area (Å²) in [5.41, 5.74) is 7.93. The topological polar surface area (TPSA) is 0 Å². The lowest BCUT2D eigenvalue weighted by atomic mass is 9.89. The predicted octanol–water partition coefficient (Wildman–Crippen LogP) is 8.09. The molecule has 27 heavy (non-hydrogen) atoms. The molecule has 0 bridgehead atoms. The predicted molar refractivity (Wildman–Crippen MR) is 120 cm³/mol. The molecule has 0 saturated carbocycles. The summed E-state index contributed by atoms with van der Waals surface area (Å²) in [6.07, 6.45) is 3.39. The lowest BCUT2D eigenvalue weighted by molar-refractivity contribution is 1.22. The van der Waals surface area contributed by atoms with E-state index in [2.05, 4.69) is 101 Å². The minimum absolute atomic E-state index is 1.06. The molecular weight excluding hydrogens is 324 g/mol. The number of rotatable bonds is 3. The third-order valence-electron chi connectivity index (χ3n) is 5.38. The summed E-state index contributed by atoms with van der Waals surface area (Å²) in [7, 11) is 0. The van der Waals surface area contributed by atoms with E-state index in [1.807, 2.05) is 0 Å². The van der Waals surface area contributed by atoms with Crippen LogP contribution in [0, 0.1) is 13.8 Å². The molecule has 4 aromatic carbocycles. The SMILES string of the molecule is CC/C=C(\C)c1cc(C)cc2c1ccc1c(-c3ccccc3)cc(C)cc12. The first-order chi connectivity index (χ1) is 13.1. The fraction of sp³-hybridized carbons (Fsp3) is 0.185. The molecule has 0 N–H and O–H groups in total. The fourth-order valence-electron chi connectivity index (χ4n) is 4.17. The van der Waals surface area contributed by atoms with Gasteiger partial charge in [0.05, 0.1) is 0 Å². The highest BCUT2D eigenvalue weighted by Gasteiger charge is 2.11. The summed E-state index contributed by atoms with van der Waals surface area (Å²) in [6, 6.07) is 24.6. The van der Waals surface area contributed by atoms with Crippen LogP contribution in [0.1, 0.15) is 37.0 Å². The zero-order chi connectivity index (χ0) is 19.0. The molecule has 0 aliphatic rings. The average molecular weight is 351 g/mol. The van der Waals surface area contributed by atoms with Crippen LogP contribution in [0.2, 0.25) is 0 Å². The van der Waals surface area contributed by atoms with E-state index in [1.54, 1.807) is 0 Å². The van der Waals surface area contributed by atoms with Crippen LogP contribution < -0.4 is 0 Å². The molecule has 0 aliphatic carbocycles. The molecule has 0 aromatic heterocycles. The van der Waals surface area contributed by atoms with Crippen molar-refractivity contribution in [2.24, 2.45) is 0 Å². The Morgan fingerprint density at radius 2 is 1.37 bits per heavy atom. The Kier molecular flexibility index (Phi) is 4.58. The Labute approximate surface area is 162 Å². The van der Waals surface area contributed by atoms with Gasteiger partial charge in [0.1, 0.15) is 0 Å². The van der Waals surface area contributed by atoms with Crippen LogP contribution in [-0.2, 0) is 0 Å². The minimum Gasteiger partial charge on any atom is -0.0813 e. The van der Waals surface area contributed by atoms with Gasteiger partial charge in [0.2, 0.25) is 0 Å². The summed E-state index contributed by atoms with van der Waals surface area (Å²) < 4.78 is 0. The largest absolute Gasteiger partial charge is 0.0813 e. The Hall–Kier alpha value is -2.86. The smallest absolute Gasteiger partial charge is 0.00962 e. The van der Waals surface area contributed by atoms with Gasteiger partial charge in [-0.2, -0.15) is 0 Å². The van der Waals surface area contributed by atoms with Gasteiger partial charge in [-0.1, -0.05) is 79.7 Å². The molecule has 0 heterocycles. The van der Waals surface area contributed by atoms with Crippen LogP contribution in [0.15, 0.2) is 72.8 Å². The molecule has 0 radical (unpaired) electrons. The monoisotopic (exact) mass is 350 g/mol. The normalized spacial score (nSPS) is 12.1. The third kappa shape index (κ3) is 3.17. The summed E-state index contributed by atoms with van der Waals surface area (Å²) in [5.74, 6) is 0. The highest BCUT2D eigenvalue weighted by Crippen LogP contribution is 2.37. The van der Waals surface area contributed by atoms with Crippen LogP contribution in [0.4, 0.5) is 0 Å². The molecule has 0 amide bonds. The van der Waals surface area contributed by atoms with E-state index < -0.39 is 0 Å². The summed E-state index contributed by atoms with van der Waals surface area (Å²) in [5, 5.41) is 5.38. The first kappa shape index (κ1) is 17.5. The molecule has 0 saturated heterocycles. The Balaban J connectivity index is 2.11. The van der Waals surface area contributed by atoms with Crippen molar-refractivity contribution >= 4 is 27.1 Å². The number of aryl methyl sites for hydroxylation is 2. The number of hydrogen-bond donors (Lipinski definition) is 0. The number of fused-ring (bicyclic) bond motifs is 3. The summed E-state index contributed by atoms with van der Waals surface area (Å²) in [6.45, 7) is 8.83. The molecule has 0 aliphatic heterocycles. The molecule has 0 spiro atoms. The van der Waals surface area contributed by atoms with Gasteiger partial charge in [-0.25, -0.2) is 0 Å². The van der Waals surface area contributed by atoms with Crippen molar-refractivity contribution in [2.45, 2.75) is 34.1 Å². The Morgan fingerprint density at radius 1 is 0.741 bits per heavy atom. The molecule has 4 aromatic rings. The quantitative estimate of drug-likeness (QED) is 0.327. The van der Waals surface area contributed by atoms with Crippen molar-refractivity contribution in [3.05, 3.63) is 89.5 Å². The maximum absolute atomic E-state index is 2.34. The van der Waals surface area contributed by atoms with Gasteiger partial charge >= 0.3 is 0 Å². The Morgan fingerprint density at radius 3 is 2.07 bits per heavy atom. The van der Waals surface area contributed by atoms with Gasteiger partial charge in [0.15, 0.2) is 0 Å². The van der Waals surface area contributed by atoms with E-state index in [1.165, 1.54) is 54.9 Å². The van der Waals surface area contributed by atoms with E-state index in [4.69, 9.17) is 0 Å². The molecular formula is C27H26. The minimum atomic E-state index is 1.06. The van der Waals surface area contributed by atoms with Crippen molar-refractivity contribution in [1.29, 1.82) is 0 Å². The number of hydrogen-bond acceptors (Lipinski definition) is 0. The van der Waals surface area contributed by atoms with Gasteiger partial charge in [0.25, 0.3) is 0 Å². The highest BCUT2D eigenvalue weighted by molar-refractivity contribution is 6.14. The van der Waals surface area contributed by atoms with Crippen LogP contribution >= 0.6 is 0 Å². The summed E-state index contributed by atoms with van der Waals surface area (Å²) >= 11 is 0. The van der Waals surface area contributed by atoms with Gasteiger partial charge in [-0.05, 0) is 82.1 Å². The van der Waals surface area contributed by atoms with Crippen LogP contribution in [0.5, 0.6) is 0 Å². The molecule has 0 nitrogen and oxygen atoms in total. The zero-order valence-corrected chi connectivity index (χ0v) is 16.6. The first-order valence-electron chi connectivity index (χ1n) is 9.78. The van der Waals surface area contributed by atoms with Gasteiger partial charge in [0, 0.05) is 0 Å². The van der Waals surface area contributed by atoms with E-state index in [-0.39, 0.29) is 0 Å². The van der Waals surface area contributed by atoms with Crippen molar-refractivity contribution in [3.63, 3.8) is 0 Å².